The highest BCUT2D eigenvalue weighted by Crippen LogP contribution is 2.17. The topological polar surface area (TPSA) is 72.0 Å². The van der Waals surface area contributed by atoms with Gasteiger partial charge in [-0.25, -0.2) is 18.4 Å². The van der Waals surface area contributed by atoms with Crippen molar-refractivity contribution in [3.05, 3.63) is 47.5 Å². The fourth-order valence-electron chi connectivity index (χ4n) is 1.51. The van der Waals surface area contributed by atoms with Crippen LogP contribution in [0.2, 0.25) is 5.28 Å². The number of anilines is 1. The first-order valence-electron chi connectivity index (χ1n) is 5.60. The average molecular weight is 298 g/mol. The summed E-state index contributed by atoms with van der Waals surface area (Å²) < 4.78 is 26.6. The van der Waals surface area contributed by atoms with Crippen LogP contribution in [0.5, 0.6) is 0 Å². The molecule has 0 aliphatic heterocycles. The van der Waals surface area contributed by atoms with Crippen molar-refractivity contribution in [2.75, 3.05) is 4.72 Å². The van der Waals surface area contributed by atoms with E-state index < -0.39 is 10.0 Å². The van der Waals surface area contributed by atoms with Gasteiger partial charge < -0.3 is 0 Å². The standard InChI is InChI=1S/C12H12ClN3O2S/c1-2-9-4-3-5-10(6-9)16-19(17,18)11-7-14-12(13)15-8-11/h3-8,16H,2H2,1H3. The van der Waals surface area contributed by atoms with E-state index in [0.717, 1.165) is 12.0 Å². The molecule has 2 aromatic rings. The zero-order valence-corrected chi connectivity index (χ0v) is 11.7. The van der Waals surface area contributed by atoms with E-state index in [9.17, 15) is 8.42 Å². The summed E-state index contributed by atoms with van der Waals surface area (Å²) in [5.74, 6) is 0. The smallest absolute Gasteiger partial charge is 0.264 e. The maximum atomic E-state index is 12.1. The monoisotopic (exact) mass is 297 g/mol. The van der Waals surface area contributed by atoms with E-state index in [-0.39, 0.29) is 10.2 Å². The molecule has 0 unspecified atom stereocenters. The highest BCUT2D eigenvalue weighted by molar-refractivity contribution is 7.92. The zero-order chi connectivity index (χ0) is 13.9. The highest BCUT2D eigenvalue weighted by atomic mass is 35.5. The molecule has 0 fully saturated rings. The van der Waals surface area contributed by atoms with Gasteiger partial charge in [0.05, 0.1) is 12.4 Å². The van der Waals surface area contributed by atoms with E-state index in [2.05, 4.69) is 14.7 Å². The van der Waals surface area contributed by atoms with Crippen LogP contribution in [0.15, 0.2) is 41.6 Å². The Morgan fingerprint density at radius 3 is 2.58 bits per heavy atom. The second kappa shape index (κ2) is 5.54. The van der Waals surface area contributed by atoms with Gasteiger partial charge >= 0.3 is 0 Å². The molecule has 0 atom stereocenters. The second-order valence-electron chi connectivity index (χ2n) is 3.85. The highest BCUT2D eigenvalue weighted by Gasteiger charge is 2.15. The van der Waals surface area contributed by atoms with Crippen molar-refractivity contribution < 1.29 is 8.42 Å². The molecule has 1 aromatic carbocycles. The number of benzene rings is 1. The predicted octanol–water partition coefficient (Wildman–Crippen LogP) is 2.49. The van der Waals surface area contributed by atoms with Gasteiger partial charge in [-0.15, -0.1) is 0 Å². The fraction of sp³-hybridized carbons (Fsp3) is 0.167. The first-order chi connectivity index (χ1) is 9.01. The molecule has 0 bridgehead atoms. The van der Waals surface area contributed by atoms with Crippen LogP contribution >= 0.6 is 11.6 Å². The lowest BCUT2D eigenvalue weighted by Crippen LogP contribution is -2.13. The maximum Gasteiger partial charge on any atom is 0.264 e. The van der Waals surface area contributed by atoms with Crippen molar-refractivity contribution in [2.24, 2.45) is 0 Å². The quantitative estimate of drug-likeness (QED) is 0.880. The van der Waals surface area contributed by atoms with Crippen LogP contribution in [-0.2, 0) is 16.4 Å². The van der Waals surface area contributed by atoms with Crippen LogP contribution < -0.4 is 4.72 Å². The fourth-order valence-corrected chi connectivity index (χ4v) is 2.54. The molecule has 2 rings (SSSR count). The van der Waals surface area contributed by atoms with Crippen molar-refractivity contribution in [1.29, 1.82) is 0 Å². The summed E-state index contributed by atoms with van der Waals surface area (Å²) in [7, 11) is -3.69. The normalized spacial score (nSPS) is 11.3. The Morgan fingerprint density at radius 2 is 1.95 bits per heavy atom. The molecule has 0 aliphatic carbocycles. The third-order valence-electron chi connectivity index (χ3n) is 2.49. The van der Waals surface area contributed by atoms with Gasteiger partial charge in [-0.2, -0.15) is 0 Å². The van der Waals surface area contributed by atoms with Crippen molar-refractivity contribution in [3.8, 4) is 0 Å². The molecule has 0 radical (unpaired) electrons. The van der Waals surface area contributed by atoms with E-state index in [1.807, 2.05) is 13.0 Å². The minimum atomic E-state index is -3.69. The minimum absolute atomic E-state index is 0.00642. The van der Waals surface area contributed by atoms with Crippen molar-refractivity contribution in [2.45, 2.75) is 18.2 Å². The number of nitrogens with zero attached hydrogens (tertiary/aromatic N) is 2. The van der Waals surface area contributed by atoms with Crippen molar-refractivity contribution >= 4 is 27.3 Å². The molecular formula is C12H12ClN3O2S. The number of hydrogen-bond acceptors (Lipinski definition) is 4. The van der Waals surface area contributed by atoms with Crippen LogP contribution in [0.25, 0.3) is 0 Å². The SMILES string of the molecule is CCc1cccc(NS(=O)(=O)c2cnc(Cl)nc2)c1. The van der Waals surface area contributed by atoms with E-state index in [0.29, 0.717) is 5.69 Å². The van der Waals surface area contributed by atoms with Gasteiger partial charge in [0, 0.05) is 5.69 Å². The summed E-state index contributed by atoms with van der Waals surface area (Å²) in [6.45, 7) is 2.00. The van der Waals surface area contributed by atoms with Gasteiger partial charge in [0.25, 0.3) is 10.0 Å². The molecule has 19 heavy (non-hydrogen) atoms. The first-order valence-corrected chi connectivity index (χ1v) is 7.46. The molecule has 1 heterocycles. The predicted molar refractivity (Wildman–Crippen MR) is 73.7 cm³/mol. The summed E-state index contributed by atoms with van der Waals surface area (Å²) in [4.78, 5) is 7.28. The molecule has 1 N–H and O–H groups in total. The average Bonchev–Trinajstić information content (AvgIpc) is 2.39. The third-order valence-corrected chi connectivity index (χ3v) is 4.03. The summed E-state index contributed by atoms with van der Waals surface area (Å²) in [5, 5.41) is 0.00642. The zero-order valence-electron chi connectivity index (χ0n) is 10.2. The Kier molecular flexibility index (Phi) is 4.01. The number of sulfonamides is 1. The molecule has 1 aromatic heterocycles. The third kappa shape index (κ3) is 3.42. The summed E-state index contributed by atoms with van der Waals surface area (Å²) in [6.07, 6.45) is 3.17. The van der Waals surface area contributed by atoms with Crippen molar-refractivity contribution in [1.82, 2.24) is 9.97 Å². The first kappa shape index (κ1) is 13.8. The number of halogens is 1. The van der Waals surface area contributed by atoms with E-state index in [1.54, 1.807) is 18.2 Å². The Hall–Kier alpha value is -1.66. The lowest BCUT2D eigenvalue weighted by atomic mass is 10.1. The Morgan fingerprint density at radius 1 is 1.26 bits per heavy atom. The van der Waals surface area contributed by atoms with Gasteiger partial charge in [0.15, 0.2) is 0 Å². The number of aromatic nitrogens is 2. The van der Waals surface area contributed by atoms with E-state index in [4.69, 9.17) is 11.6 Å². The number of hydrogen-bond donors (Lipinski definition) is 1. The number of rotatable bonds is 4. The molecule has 5 nitrogen and oxygen atoms in total. The molecule has 0 aliphatic rings. The van der Waals surface area contributed by atoms with Crippen LogP contribution in [0.4, 0.5) is 5.69 Å². The largest absolute Gasteiger partial charge is 0.280 e. The molecule has 0 saturated heterocycles. The number of aryl methyl sites for hydroxylation is 1. The molecule has 7 heteroatoms. The van der Waals surface area contributed by atoms with Crippen LogP contribution in [0, 0.1) is 0 Å². The van der Waals surface area contributed by atoms with Gasteiger partial charge in [-0.05, 0) is 35.7 Å². The summed E-state index contributed by atoms with van der Waals surface area (Å²) in [6, 6.07) is 7.21. The van der Waals surface area contributed by atoms with Gasteiger partial charge in [-0.1, -0.05) is 19.1 Å². The number of nitrogens with one attached hydrogen (secondary N) is 1. The molecule has 0 spiro atoms. The second-order valence-corrected chi connectivity index (χ2v) is 5.87. The lowest BCUT2D eigenvalue weighted by Gasteiger charge is -2.08. The molecular weight excluding hydrogens is 286 g/mol. The molecule has 100 valence electrons. The minimum Gasteiger partial charge on any atom is -0.280 e. The van der Waals surface area contributed by atoms with E-state index >= 15 is 0 Å². The summed E-state index contributed by atoms with van der Waals surface area (Å²) >= 11 is 5.52. The Bertz CT molecular complexity index is 672. The van der Waals surface area contributed by atoms with Crippen molar-refractivity contribution in [3.63, 3.8) is 0 Å². The lowest BCUT2D eigenvalue weighted by molar-refractivity contribution is 0.600. The maximum absolute atomic E-state index is 12.1. The van der Waals surface area contributed by atoms with Crippen LogP contribution in [-0.4, -0.2) is 18.4 Å². The van der Waals surface area contributed by atoms with Gasteiger partial charge in [0.2, 0.25) is 5.28 Å². The van der Waals surface area contributed by atoms with E-state index in [1.165, 1.54) is 12.4 Å². The van der Waals surface area contributed by atoms with Crippen LogP contribution in [0.1, 0.15) is 12.5 Å². The summed E-state index contributed by atoms with van der Waals surface area (Å²) in [5.41, 5.74) is 1.56. The van der Waals surface area contributed by atoms with Gasteiger partial charge in [-0.3, -0.25) is 4.72 Å². The van der Waals surface area contributed by atoms with Gasteiger partial charge in [0.1, 0.15) is 4.90 Å². The Labute approximate surface area is 116 Å². The van der Waals surface area contributed by atoms with Crippen LogP contribution in [0.3, 0.4) is 0 Å². The Balaban J connectivity index is 2.28. The molecule has 0 amide bonds. The molecule has 0 saturated carbocycles.